The average Bonchev–Trinajstić information content (AvgIpc) is 2.70. The van der Waals surface area contributed by atoms with Crippen LogP contribution in [0.4, 0.5) is 5.82 Å². The van der Waals surface area contributed by atoms with Gasteiger partial charge in [-0.25, -0.2) is 4.98 Å². The lowest BCUT2D eigenvalue weighted by molar-refractivity contribution is 0.282. The fourth-order valence-corrected chi connectivity index (χ4v) is 2.82. The van der Waals surface area contributed by atoms with Crippen molar-refractivity contribution in [3.05, 3.63) is 58.2 Å². The van der Waals surface area contributed by atoms with Gasteiger partial charge in [-0.15, -0.1) is 0 Å². The van der Waals surface area contributed by atoms with Crippen LogP contribution in [-0.4, -0.2) is 23.2 Å². The van der Waals surface area contributed by atoms with Crippen molar-refractivity contribution >= 4 is 17.4 Å². The monoisotopic (exact) mass is 288 g/mol. The minimum absolute atomic E-state index is 0.0532. The summed E-state index contributed by atoms with van der Waals surface area (Å²) in [5, 5.41) is 9.83. The zero-order valence-electron chi connectivity index (χ0n) is 11.2. The van der Waals surface area contributed by atoms with E-state index in [0.717, 1.165) is 37.3 Å². The number of aliphatic hydroxyl groups excluding tert-OH is 1. The third kappa shape index (κ3) is 2.65. The molecule has 4 heteroatoms. The Balaban J connectivity index is 1.83. The van der Waals surface area contributed by atoms with E-state index < -0.39 is 0 Å². The molecule has 1 aliphatic rings. The largest absolute Gasteiger partial charge is 0.392 e. The molecule has 104 valence electrons. The van der Waals surface area contributed by atoms with Gasteiger partial charge >= 0.3 is 0 Å². The van der Waals surface area contributed by atoms with Crippen LogP contribution in [0.15, 0.2) is 36.5 Å². The molecular weight excluding hydrogens is 272 g/mol. The first-order chi connectivity index (χ1) is 9.78. The average molecular weight is 289 g/mol. The van der Waals surface area contributed by atoms with E-state index in [1.165, 1.54) is 11.1 Å². The lowest BCUT2D eigenvalue weighted by Crippen LogP contribution is -2.27. The number of benzene rings is 1. The van der Waals surface area contributed by atoms with E-state index in [1.807, 2.05) is 6.07 Å². The Bertz CT molecular complexity index is 588. The maximum atomic E-state index is 9.31. The summed E-state index contributed by atoms with van der Waals surface area (Å²) in [7, 11) is 0. The molecule has 3 rings (SSSR count). The van der Waals surface area contributed by atoms with Crippen LogP contribution in [0.2, 0.25) is 5.02 Å². The lowest BCUT2D eigenvalue weighted by Gasteiger charge is -2.22. The van der Waals surface area contributed by atoms with E-state index in [-0.39, 0.29) is 6.61 Å². The summed E-state index contributed by atoms with van der Waals surface area (Å²) in [4.78, 5) is 6.66. The van der Waals surface area contributed by atoms with Gasteiger partial charge in [0.1, 0.15) is 5.82 Å². The predicted molar refractivity (Wildman–Crippen MR) is 81.2 cm³/mol. The molecule has 20 heavy (non-hydrogen) atoms. The number of nitrogens with zero attached hydrogens (tertiary/aromatic N) is 2. The topological polar surface area (TPSA) is 36.4 Å². The predicted octanol–water partition coefficient (Wildman–Crippen LogP) is 2.83. The van der Waals surface area contributed by atoms with Crippen molar-refractivity contribution in [3.63, 3.8) is 0 Å². The van der Waals surface area contributed by atoms with Crippen molar-refractivity contribution in [1.29, 1.82) is 0 Å². The Labute approximate surface area is 123 Å². The summed E-state index contributed by atoms with van der Waals surface area (Å²) in [6.07, 6.45) is 3.67. The van der Waals surface area contributed by atoms with E-state index in [1.54, 1.807) is 6.20 Å². The lowest BCUT2D eigenvalue weighted by atomic mass is 10.0. The molecule has 2 aromatic rings. The van der Waals surface area contributed by atoms with Crippen LogP contribution in [0.1, 0.15) is 16.7 Å². The molecule has 0 spiro atoms. The molecule has 0 fully saturated rings. The minimum Gasteiger partial charge on any atom is -0.392 e. The van der Waals surface area contributed by atoms with Crippen LogP contribution in [0.5, 0.6) is 0 Å². The fraction of sp³-hybridized carbons (Fsp3) is 0.312. The maximum Gasteiger partial charge on any atom is 0.128 e. The number of pyridine rings is 1. The van der Waals surface area contributed by atoms with Gasteiger partial charge in [0, 0.05) is 24.8 Å². The van der Waals surface area contributed by atoms with Crippen LogP contribution < -0.4 is 4.90 Å². The van der Waals surface area contributed by atoms with E-state index in [4.69, 9.17) is 11.6 Å². The second-order valence-corrected chi connectivity index (χ2v) is 5.45. The Morgan fingerprint density at radius 3 is 2.40 bits per heavy atom. The van der Waals surface area contributed by atoms with E-state index in [9.17, 15) is 5.11 Å². The third-order valence-corrected chi connectivity index (χ3v) is 4.18. The van der Waals surface area contributed by atoms with E-state index >= 15 is 0 Å². The van der Waals surface area contributed by atoms with Gasteiger partial charge < -0.3 is 10.0 Å². The SMILES string of the molecule is OCc1cc(N2CCc3ccccc3CC2)ncc1Cl. The first kappa shape index (κ1) is 13.4. The van der Waals surface area contributed by atoms with Gasteiger partial charge in [-0.05, 0) is 30.0 Å². The zero-order valence-corrected chi connectivity index (χ0v) is 12.0. The van der Waals surface area contributed by atoms with Gasteiger partial charge in [-0.1, -0.05) is 35.9 Å². The first-order valence-electron chi connectivity index (χ1n) is 6.85. The van der Waals surface area contributed by atoms with Crippen LogP contribution >= 0.6 is 11.6 Å². The number of hydrogen-bond donors (Lipinski definition) is 1. The Morgan fingerprint density at radius 2 is 1.80 bits per heavy atom. The third-order valence-electron chi connectivity index (χ3n) is 3.84. The van der Waals surface area contributed by atoms with E-state index in [2.05, 4.69) is 34.1 Å². The molecule has 0 bridgehead atoms. The highest BCUT2D eigenvalue weighted by Gasteiger charge is 2.15. The van der Waals surface area contributed by atoms with E-state index in [0.29, 0.717) is 5.02 Å². The van der Waals surface area contributed by atoms with Crippen molar-refractivity contribution in [3.8, 4) is 0 Å². The number of aromatic nitrogens is 1. The van der Waals surface area contributed by atoms with Gasteiger partial charge in [0.25, 0.3) is 0 Å². The number of rotatable bonds is 2. The Hall–Kier alpha value is -1.58. The van der Waals surface area contributed by atoms with Crippen molar-refractivity contribution < 1.29 is 5.11 Å². The summed E-state index contributed by atoms with van der Waals surface area (Å²) < 4.78 is 0. The number of halogens is 1. The summed E-state index contributed by atoms with van der Waals surface area (Å²) in [5.41, 5.74) is 3.58. The van der Waals surface area contributed by atoms with Crippen molar-refractivity contribution in [2.75, 3.05) is 18.0 Å². The van der Waals surface area contributed by atoms with Gasteiger partial charge in [-0.3, -0.25) is 0 Å². The van der Waals surface area contributed by atoms with Crippen molar-refractivity contribution in [1.82, 2.24) is 4.98 Å². The molecule has 2 heterocycles. The van der Waals surface area contributed by atoms with Gasteiger partial charge in [-0.2, -0.15) is 0 Å². The number of fused-ring (bicyclic) bond motifs is 1. The smallest absolute Gasteiger partial charge is 0.128 e. The molecule has 0 saturated carbocycles. The van der Waals surface area contributed by atoms with Gasteiger partial charge in [0.05, 0.1) is 11.6 Å². The highest BCUT2D eigenvalue weighted by atomic mass is 35.5. The van der Waals surface area contributed by atoms with Crippen LogP contribution in [-0.2, 0) is 19.4 Å². The Kier molecular flexibility index (Phi) is 3.90. The molecule has 1 aliphatic heterocycles. The molecule has 0 radical (unpaired) electrons. The minimum atomic E-state index is -0.0532. The summed E-state index contributed by atoms with van der Waals surface area (Å²) >= 11 is 6.00. The highest BCUT2D eigenvalue weighted by molar-refractivity contribution is 6.31. The molecule has 1 N–H and O–H groups in total. The molecule has 3 nitrogen and oxygen atoms in total. The normalized spacial score (nSPS) is 14.8. The van der Waals surface area contributed by atoms with Gasteiger partial charge in [0.2, 0.25) is 0 Å². The second kappa shape index (κ2) is 5.81. The molecule has 0 atom stereocenters. The van der Waals surface area contributed by atoms with Crippen LogP contribution in [0, 0.1) is 0 Å². The van der Waals surface area contributed by atoms with Crippen LogP contribution in [0.25, 0.3) is 0 Å². The zero-order chi connectivity index (χ0) is 13.9. The quantitative estimate of drug-likeness (QED) is 0.923. The number of aliphatic hydroxyl groups is 1. The summed E-state index contributed by atoms with van der Waals surface area (Å²) in [5.74, 6) is 0.895. The second-order valence-electron chi connectivity index (χ2n) is 5.05. The standard InChI is InChI=1S/C16H17ClN2O/c17-15-10-18-16(9-14(15)11-20)19-7-5-12-3-1-2-4-13(12)6-8-19/h1-4,9-10,20H,5-8,11H2. The number of anilines is 1. The molecule has 0 saturated heterocycles. The van der Waals surface area contributed by atoms with Crippen LogP contribution in [0.3, 0.4) is 0 Å². The molecule has 0 unspecified atom stereocenters. The molecule has 1 aromatic carbocycles. The van der Waals surface area contributed by atoms with Crippen molar-refractivity contribution in [2.24, 2.45) is 0 Å². The molecule has 0 amide bonds. The summed E-state index contributed by atoms with van der Waals surface area (Å²) in [6, 6.07) is 10.5. The molecule has 1 aromatic heterocycles. The van der Waals surface area contributed by atoms with Gasteiger partial charge in [0.15, 0.2) is 0 Å². The maximum absolute atomic E-state index is 9.31. The fourth-order valence-electron chi connectivity index (χ4n) is 2.66. The van der Waals surface area contributed by atoms with Crippen molar-refractivity contribution in [2.45, 2.75) is 19.4 Å². The first-order valence-corrected chi connectivity index (χ1v) is 7.23. The molecular formula is C16H17ClN2O. The Morgan fingerprint density at radius 1 is 1.15 bits per heavy atom. The number of hydrogen-bond acceptors (Lipinski definition) is 3. The summed E-state index contributed by atoms with van der Waals surface area (Å²) in [6.45, 7) is 1.83. The highest BCUT2D eigenvalue weighted by Crippen LogP contribution is 2.23. The molecule has 0 aliphatic carbocycles.